The van der Waals surface area contributed by atoms with E-state index in [4.69, 9.17) is 0 Å². The molecule has 0 unspecified atom stereocenters. The Morgan fingerprint density at radius 1 is 1.09 bits per heavy atom. The zero-order valence-electron chi connectivity index (χ0n) is 11.9. The van der Waals surface area contributed by atoms with Crippen LogP contribution in [0.1, 0.15) is 10.4 Å². The van der Waals surface area contributed by atoms with Crippen molar-refractivity contribution in [1.29, 1.82) is 0 Å². The van der Waals surface area contributed by atoms with E-state index in [1.807, 2.05) is 30.3 Å². The van der Waals surface area contributed by atoms with Crippen molar-refractivity contribution >= 4 is 27.8 Å². The third-order valence-electron chi connectivity index (χ3n) is 3.88. The van der Waals surface area contributed by atoms with E-state index in [-0.39, 0.29) is 5.56 Å². The molecular formula is C18H11FN2O2. The number of aromatic nitrogens is 2. The number of hydrogen-bond acceptors (Lipinski definition) is 2. The second-order valence-corrected chi connectivity index (χ2v) is 5.23. The highest BCUT2D eigenvalue weighted by molar-refractivity contribution is 6.04. The molecule has 0 aliphatic heterocycles. The first-order valence-electron chi connectivity index (χ1n) is 7.03. The molecule has 4 nitrogen and oxygen atoms in total. The number of carboxylic acid groups (broad SMARTS) is 1. The van der Waals surface area contributed by atoms with Gasteiger partial charge >= 0.3 is 5.97 Å². The highest BCUT2D eigenvalue weighted by atomic mass is 19.1. The first-order chi connectivity index (χ1) is 11.1. The Hall–Kier alpha value is -3.21. The summed E-state index contributed by atoms with van der Waals surface area (Å²) in [5.41, 5.74) is 2.33. The van der Waals surface area contributed by atoms with Crippen LogP contribution in [-0.4, -0.2) is 20.6 Å². The molecule has 2 heterocycles. The van der Waals surface area contributed by atoms with Crippen LogP contribution in [0.4, 0.5) is 4.39 Å². The van der Waals surface area contributed by atoms with Gasteiger partial charge in [0.2, 0.25) is 0 Å². The van der Waals surface area contributed by atoms with Crippen molar-refractivity contribution in [2.75, 3.05) is 0 Å². The molecule has 4 rings (SSSR count). The van der Waals surface area contributed by atoms with Crippen LogP contribution in [0.3, 0.4) is 0 Å². The number of rotatable bonds is 2. The standard InChI is InChI=1S/C18H11FN2O2/c19-11-5-6-16-13(9-11)14(18(22)23)10-21(16)17-7-8-20-15-4-2-1-3-12(15)17/h1-10H,(H,22,23). The summed E-state index contributed by atoms with van der Waals surface area (Å²) in [4.78, 5) is 15.8. The summed E-state index contributed by atoms with van der Waals surface area (Å²) in [6.45, 7) is 0. The predicted octanol–water partition coefficient (Wildman–Crippen LogP) is 4.02. The average molecular weight is 306 g/mol. The Balaban J connectivity index is 2.11. The summed E-state index contributed by atoms with van der Waals surface area (Å²) < 4.78 is 15.3. The van der Waals surface area contributed by atoms with Crippen LogP contribution in [0.5, 0.6) is 0 Å². The minimum Gasteiger partial charge on any atom is -0.478 e. The van der Waals surface area contributed by atoms with Gasteiger partial charge in [-0.25, -0.2) is 9.18 Å². The average Bonchev–Trinajstić information content (AvgIpc) is 2.93. The Morgan fingerprint density at radius 2 is 1.91 bits per heavy atom. The number of carbonyl (C=O) groups is 1. The molecule has 0 radical (unpaired) electrons. The van der Waals surface area contributed by atoms with Gasteiger partial charge in [0.15, 0.2) is 0 Å². The second kappa shape index (κ2) is 4.91. The topological polar surface area (TPSA) is 55.1 Å². The number of carboxylic acids is 1. The van der Waals surface area contributed by atoms with Crippen LogP contribution in [0, 0.1) is 5.82 Å². The monoisotopic (exact) mass is 306 g/mol. The molecule has 0 saturated heterocycles. The van der Waals surface area contributed by atoms with E-state index in [1.165, 1.54) is 18.3 Å². The summed E-state index contributed by atoms with van der Waals surface area (Å²) >= 11 is 0. The first kappa shape index (κ1) is 13.5. The smallest absolute Gasteiger partial charge is 0.337 e. The van der Waals surface area contributed by atoms with Gasteiger partial charge in [0.1, 0.15) is 5.82 Å². The highest BCUT2D eigenvalue weighted by Crippen LogP contribution is 2.29. The maximum absolute atomic E-state index is 13.5. The molecule has 0 amide bonds. The van der Waals surface area contributed by atoms with E-state index in [0.29, 0.717) is 10.9 Å². The van der Waals surface area contributed by atoms with Gasteiger partial charge in [0.25, 0.3) is 0 Å². The van der Waals surface area contributed by atoms with E-state index < -0.39 is 11.8 Å². The number of fused-ring (bicyclic) bond motifs is 2. The van der Waals surface area contributed by atoms with Gasteiger partial charge in [-0.3, -0.25) is 4.98 Å². The number of aromatic carboxylic acids is 1. The molecule has 0 aliphatic rings. The first-order valence-corrected chi connectivity index (χ1v) is 7.03. The molecule has 112 valence electrons. The lowest BCUT2D eigenvalue weighted by molar-refractivity contribution is 0.0699. The molecule has 4 aromatic rings. The largest absolute Gasteiger partial charge is 0.478 e. The van der Waals surface area contributed by atoms with Crippen molar-refractivity contribution < 1.29 is 14.3 Å². The zero-order chi connectivity index (χ0) is 16.0. The van der Waals surface area contributed by atoms with Gasteiger partial charge in [-0.05, 0) is 30.3 Å². The number of halogens is 1. The van der Waals surface area contributed by atoms with E-state index in [2.05, 4.69) is 4.98 Å². The number of benzene rings is 2. The fraction of sp³-hybridized carbons (Fsp3) is 0. The lowest BCUT2D eigenvalue weighted by Gasteiger charge is -2.08. The van der Waals surface area contributed by atoms with Crippen molar-refractivity contribution in [3.63, 3.8) is 0 Å². The molecule has 0 saturated carbocycles. The molecule has 0 aliphatic carbocycles. The number of hydrogen-bond donors (Lipinski definition) is 1. The summed E-state index contributed by atoms with van der Waals surface area (Å²) in [5.74, 6) is -1.55. The fourth-order valence-electron chi connectivity index (χ4n) is 2.86. The molecule has 0 spiro atoms. The van der Waals surface area contributed by atoms with E-state index in [9.17, 15) is 14.3 Å². The van der Waals surface area contributed by atoms with Crippen molar-refractivity contribution in [1.82, 2.24) is 9.55 Å². The molecule has 0 atom stereocenters. The number of para-hydroxylation sites is 1. The summed E-state index contributed by atoms with van der Waals surface area (Å²) in [6.07, 6.45) is 3.20. The minimum absolute atomic E-state index is 0.0698. The van der Waals surface area contributed by atoms with Gasteiger partial charge in [-0.2, -0.15) is 0 Å². The Morgan fingerprint density at radius 3 is 2.74 bits per heavy atom. The van der Waals surface area contributed by atoms with Gasteiger partial charge < -0.3 is 9.67 Å². The van der Waals surface area contributed by atoms with Gasteiger partial charge in [0.05, 0.1) is 22.3 Å². The quantitative estimate of drug-likeness (QED) is 0.608. The molecule has 0 bridgehead atoms. The maximum atomic E-state index is 13.5. The molecule has 5 heteroatoms. The normalized spacial score (nSPS) is 11.2. The van der Waals surface area contributed by atoms with Gasteiger partial charge in [-0.15, -0.1) is 0 Å². The van der Waals surface area contributed by atoms with E-state index in [0.717, 1.165) is 16.6 Å². The van der Waals surface area contributed by atoms with Crippen LogP contribution >= 0.6 is 0 Å². The third kappa shape index (κ3) is 2.05. The number of pyridine rings is 1. The zero-order valence-corrected chi connectivity index (χ0v) is 11.9. The molecular weight excluding hydrogens is 295 g/mol. The number of nitrogens with zero attached hydrogens (tertiary/aromatic N) is 2. The van der Waals surface area contributed by atoms with Crippen LogP contribution < -0.4 is 0 Å². The van der Waals surface area contributed by atoms with Crippen molar-refractivity contribution in [3.8, 4) is 5.69 Å². The lowest BCUT2D eigenvalue weighted by Crippen LogP contribution is -1.96. The molecule has 2 aromatic carbocycles. The maximum Gasteiger partial charge on any atom is 0.337 e. The van der Waals surface area contributed by atoms with E-state index >= 15 is 0 Å². The third-order valence-corrected chi connectivity index (χ3v) is 3.88. The van der Waals surface area contributed by atoms with Gasteiger partial charge in [-0.1, -0.05) is 18.2 Å². The predicted molar refractivity (Wildman–Crippen MR) is 85.5 cm³/mol. The molecule has 0 fully saturated rings. The Kier molecular flexibility index (Phi) is 2.87. The van der Waals surface area contributed by atoms with Crippen LogP contribution in [-0.2, 0) is 0 Å². The fourth-order valence-corrected chi connectivity index (χ4v) is 2.86. The van der Waals surface area contributed by atoms with Gasteiger partial charge in [0, 0.05) is 23.2 Å². The highest BCUT2D eigenvalue weighted by Gasteiger charge is 2.16. The van der Waals surface area contributed by atoms with Crippen LogP contribution in [0.25, 0.3) is 27.5 Å². The summed E-state index contributed by atoms with van der Waals surface area (Å²) in [6, 6.07) is 13.6. The van der Waals surface area contributed by atoms with Crippen molar-refractivity contribution in [2.45, 2.75) is 0 Å². The van der Waals surface area contributed by atoms with Crippen LogP contribution in [0.15, 0.2) is 60.9 Å². The van der Waals surface area contributed by atoms with Crippen molar-refractivity contribution in [3.05, 3.63) is 72.3 Å². The molecule has 2 aromatic heterocycles. The Labute approximate surface area is 130 Å². The summed E-state index contributed by atoms with van der Waals surface area (Å²) in [5, 5.41) is 10.7. The lowest BCUT2D eigenvalue weighted by atomic mass is 10.1. The SMILES string of the molecule is O=C(O)c1cn(-c2ccnc3ccccc23)c2ccc(F)cc12. The minimum atomic E-state index is -1.09. The van der Waals surface area contributed by atoms with Crippen LogP contribution in [0.2, 0.25) is 0 Å². The summed E-state index contributed by atoms with van der Waals surface area (Å²) in [7, 11) is 0. The van der Waals surface area contributed by atoms with E-state index in [1.54, 1.807) is 16.8 Å². The Bertz CT molecular complexity index is 1060. The molecule has 23 heavy (non-hydrogen) atoms. The second-order valence-electron chi connectivity index (χ2n) is 5.23. The molecule has 1 N–H and O–H groups in total. The van der Waals surface area contributed by atoms with Crippen molar-refractivity contribution in [2.24, 2.45) is 0 Å².